The van der Waals surface area contributed by atoms with E-state index in [1.54, 1.807) is 6.20 Å². The molecule has 0 spiro atoms. The van der Waals surface area contributed by atoms with Gasteiger partial charge in [-0.05, 0) is 49.5 Å². The predicted octanol–water partition coefficient (Wildman–Crippen LogP) is 4.34. The van der Waals surface area contributed by atoms with E-state index in [4.69, 9.17) is 4.42 Å². The molecule has 142 valence electrons. The van der Waals surface area contributed by atoms with Crippen LogP contribution in [0.4, 0.5) is 5.82 Å². The molecule has 4 nitrogen and oxygen atoms in total. The number of furan rings is 1. The van der Waals surface area contributed by atoms with Crippen molar-refractivity contribution in [3.05, 3.63) is 77.9 Å². The molecule has 0 atom stereocenters. The van der Waals surface area contributed by atoms with E-state index in [-0.39, 0.29) is 6.85 Å². The third kappa shape index (κ3) is 2.77. The second-order valence-electron chi connectivity index (χ2n) is 7.77. The lowest BCUT2D eigenvalue weighted by atomic mass is 9.54. The molecule has 0 bridgehead atoms. The molecule has 0 fully saturated rings. The lowest BCUT2D eigenvalue weighted by Gasteiger charge is -2.27. The molecular weight excluding hydrogens is 357 g/mol. The van der Waals surface area contributed by atoms with Gasteiger partial charge in [0, 0.05) is 29.2 Å². The van der Waals surface area contributed by atoms with Crippen molar-refractivity contribution in [3.8, 4) is 11.1 Å². The maximum atomic E-state index is 6.04. The zero-order valence-electron chi connectivity index (χ0n) is 17.2. The largest absolute Gasteiger partial charge is 0.439 e. The monoisotopic (exact) mass is 380 g/mol. The Hall–Kier alpha value is -3.34. The molecule has 0 unspecified atom stereocenters. The standard InChI is InChI=1S/C24H23BN3O/c1-16-15-27(4)22(14-20(16)18-9-6-5-7-10-18)28-17(2)13-21-23(25(28)3)19-11-8-12-26-24(19)29-21/h5-15H,1-4H3/q+1. The topological polar surface area (TPSA) is 33.2 Å². The molecule has 3 aromatic heterocycles. The van der Waals surface area contributed by atoms with E-state index in [2.05, 4.69) is 96.8 Å². The number of hydrogen-bond acceptors (Lipinski definition) is 3. The Balaban J connectivity index is 1.68. The third-order valence-corrected chi connectivity index (χ3v) is 5.84. The quantitative estimate of drug-likeness (QED) is 0.383. The molecular formula is C24H23BN3O+. The minimum atomic E-state index is 0.137. The normalized spacial score (nSPS) is 13.6. The van der Waals surface area contributed by atoms with E-state index < -0.39 is 0 Å². The molecule has 0 saturated carbocycles. The first kappa shape index (κ1) is 17.7. The maximum Gasteiger partial charge on any atom is 0.413 e. The van der Waals surface area contributed by atoms with Crippen LogP contribution in [0.3, 0.4) is 0 Å². The molecule has 0 radical (unpaired) electrons. The summed E-state index contributed by atoms with van der Waals surface area (Å²) in [4.78, 5) is 6.79. The second-order valence-corrected chi connectivity index (χ2v) is 7.77. The number of aromatic nitrogens is 2. The van der Waals surface area contributed by atoms with Gasteiger partial charge in [0.1, 0.15) is 5.76 Å². The number of hydrogen-bond donors (Lipinski definition) is 0. The van der Waals surface area contributed by atoms with Crippen LogP contribution in [0.2, 0.25) is 6.82 Å². The summed E-state index contributed by atoms with van der Waals surface area (Å²) >= 11 is 0. The van der Waals surface area contributed by atoms with Gasteiger partial charge in [0.05, 0.1) is 18.9 Å². The van der Waals surface area contributed by atoms with Gasteiger partial charge in [-0.25, -0.2) is 9.55 Å². The van der Waals surface area contributed by atoms with Gasteiger partial charge in [0.2, 0.25) is 5.71 Å². The smallest absolute Gasteiger partial charge is 0.413 e. The first-order valence-electron chi connectivity index (χ1n) is 9.95. The van der Waals surface area contributed by atoms with Crippen LogP contribution in [0.5, 0.6) is 0 Å². The predicted molar refractivity (Wildman–Crippen MR) is 119 cm³/mol. The molecule has 5 heteroatoms. The molecule has 0 aliphatic carbocycles. The molecule has 0 N–H and O–H groups in total. The summed E-state index contributed by atoms with van der Waals surface area (Å²) in [5.74, 6) is 2.07. The van der Waals surface area contributed by atoms with E-state index in [9.17, 15) is 0 Å². The van der Waals surface area contributed by atoms with Crippen LogP contribution >= 0.6 is 0 Å². The van der Waals surface area contributed by atoms with Crippen LogP contribution < -0.4 is 14.8 Å². The Bertz CT molecular complexity index is 1260. The van der Waals surface area contributed by atoms with Gasteiger partial charge in [-0.15, -0.1) is 0 Å². The Morgan fingerprint density at radius 2 is 1.86 bits per heavy atom. The highest BCUT2D eigenvalue weighted by Gasteiger charge is 2.40. The summed E-state index contributed by atoms with van der Waals surface area (Å²) < 4.78 is 8.25. The summed E-state index contributed by atoms with van der Waals surface area (Å²) in [6.45, 7) is 6.68. The zero-order chi connectivity index (χ0) is 20.1. The van der Waals surface area contributed by atoms with Crippen LogP contribution in [0.25, 0.3) is 28.3 Å². The summed E-state index contributed by atoms with van der Waals surface area (Å²) in [7, 11) is 2.11. The number of benzene rings is 1. The van der Waals surface area contributed by atoms with Crippen molar-refractivity contribution in [1.29, 1.82) is 0 Å². The number of fused-ring (bicyclic) bond motifs is 3. The Morgan fingerprint density at radius 1 is 1.07 bits per heavy atom. The van der Waals surface area contributed by atoms with E-state index >= 15 is 0 Å². The van der Waals surface area contributed by atoms with Gasteiger partial charge < -0.3 is 4.42 Å². The van der Waals surface area contributed by atoms with Crippen LogP contribution in [0.1, 0.15) is 18.2 Å². The van der Waals surface area contributed by atoms with Gasteiger partial charge >= 0.3 is 6.85 Å². The fourth-order valence-electron chi connectivity index (χ4n) is 4.52. The molecule has 0 amide bonds. The fourth-order valence-corrected chi connectivity index (χ4v) is 4.52. The molecule has 1 aliphatic rings. The first-order valence-corrected chi connectivity index (χ1v) is 9.95. The van der Waals surface area contributed by atoms with E-state index in [1.807, 2.05) is 6.07 Å². The van der Waals surface area contributed by atoms with Crippen molar-refractivity contribution in [3.63, 3.8) is 0 Å². The molecule has 29 heavy (non-hydrogen) atoms. The minimum absolute atomic E-state index is 0.137. The summed E-state index contributed by atoms with van der Waals surface area (Å²) in [5, 5.41) is 1.08. The summed E-state index contributed by atoms with van der Waals surface area (Å²) in [6.07, 6.45) is 6.11. The summed E-state index contributed by atoms with van der Waals surface area (Å²) in [6, 6.07) is 16.9. The number of rotatable bonds is 2. The number of allylic oxidation sites excluding steroid dienone is 1. The Kier molecular flexibility index (Phi) is 4.05. The van der Waals surface area contributed by atoms with E-state index in [0.29, 0.717) is 5.71 Å². The lowest BCUT2D eigenvalue weighted by molar-refractivity contribution is -0.658. The van der Waals surface area contributed by atoms with Crippen molar-refractivity contribution >= 4 is 35.3 Å². The van der Waals surface area contributed by atoms with Crippen molar-refractivity contribution in [2.24, 2.45) is 7.05 Å². The molecule has 1 aliphatic heterocycles. The second kappa shape index (κ2) is 6.62. The average molecular weight is 380 g/mol. The highest BCUT2D eigenvalue weighted by atomic mass is 16.3. The SMILES string of the molecule is CB1c2c(oc3ncccc23)C=C(C)N1c1cc(-c2ccccc2)c(C)c[n+]1C. The number of pyridine rings is 2. The molecule has 4 aromatic rings. The van der Waals surface area contributed by atoms with Gasteiger partial charge in [-0.2, -0.15) is 0 Å². The van der Waals surface area contributed by atoms with Gasteiger partial charge in [-0.1, -0.05) is 30.3 Å². The molecule has 1 aromatic carbocycles. The number of aryl methyl sites for hydroxylation is 2. The number of nitrogens with zero attached hydrogens (tertiary/aromatic N) is 3. The molecule has 4 heterocycles. The Labute approximate surface area is 171 Å². The van der Waals surface area contributed by atoms with Crippen LogP contribution in [-0.4, -0.2) is 11.8 Å². The zero-order valence-corrected chi connectivity index (χ0v) is 17.2. The van der Waals surface area contributed by atoms with E-state index in [1.165, 1.54) is 22.2 Å². The van der Waals surface area contributed by atoms with Gasteiger partial charge in [-0.3, -0.25) is 4.81 Å². The number of anilines is 1. The van der Waals surface area contributed by atoms with Crippen LogP contribution in [0, 0.1) is 6.92 Å². The first-order chi connectivity index (χ1) is 14.0. The van der Waals surface area contributed by atoms with Gasteiger partial charge in [0.25, 0.3) is 5.82 Å². The molecule has 0 saturated heterocycles. The van der Waals surface area contributed by atoms with Gasteiger partial charge in [0.15, 0.2) is 0 Å². The van der Waals surface area contributed by atoms with Crippen LogP contribution in [0.15, 0.2) is 71.0 Å². The summed E-state index contributed by atoms with van der Waals surface area (Å²) in [5.41, 5.74) is 6.80. The highest BCUT2D eigenvalue weighted by Crippen LogP contribution is 2.31. The van der Waals surface area contributed by atoms with Crippen LogP contribution in [-0.2, 0) is 7.05 Å². The third-order valence-electron chi connectivity index (χ3n) is 5.84. The van der Waals surface area contributed by atoms with Crippen molar-refractivity contribution < 1.29 is 8.98 Å². The fraction of sp³-hybridized carbons (Fsp3) is 0.167. The average Bonchev–Trinajstić information content (AvgIpc) is 3.08. The van der Waals surface area contributed by atoms with E-state index in [0.717, 1.165) is 22.7 Å². The van der Waals surface area contributed by atoms with Crippen molar-refractivity contribution in [2.75, 3.05) is 4.81 Å². The van der Waals surface area contributed by atoms with Crippen molar-refractivity contribution in [1.82, 2.24) is 4.98 Å². The lowest BCUT2D eigenvalue weighted by Crippen LogP contribution is -2.52. The minimum Gasteiger partial charge on any atom is -0.439 e. The maximum absolute atomic E-state index is 6.04. The molecule has 5 rings (SSSR count). The Morgan fingerprint density at radius 3 is 2.66 bits per heavy atom. The van der Waals surface area contributed by atoms with Crippen molar-refractivity contribution in [2.45, 2.75) is 20.7 Å². The highest BCUT2D eigenvalue weighted by molar-refractivity contribution is 6.79.